The molecule has 9 heteroatoms. The number of hydrogen-bond acceptors (Lipinski definition) is 8. The summed E-state index contributed by atoms with van der Waals surface area (Å²) in [5, 5.41) is 6.75. The van der Waals surface area contributed by atoms with Crippen LogP contribution in [-0.2, 0) is 30.3 Å². The second-order valence-corrected chi connectivity index (χ2v) is 9.45. The van der Waals surface area contributed by atoms with Gasteiger partial charge in [0.05, 0.1) is 26.9 Å². The van der Waals surface area contributed by atoms with Crippen molar-refractivity contribution in [2.24, 2.45) is 11.1 Å². The number of methoxy groups -OCH3 is 3. The van der Waals surface area contributed by atoms with Crippen molar-refractivity contribution in [3.63, 3.8) is 0 Å². The molecule has 2 aromatic carbocycles. The summed E-state index contributed by atoms with van der Waals surface area (Å²) in [5.74, 6) is 0.662. The largest absolute Gasteiger partial charge is 0.496 e. The average Bonchev–Trinajstić information content (AvgIpc) is 2.95. The Labute approximate surface area is 224 Å². The molecule has 206 valence electrons. The molecule has 1 N–H and O–H groups in total. The van der Waals surface area contributed by atoms with Gasteiger partial charge in [0.1, 0.15) is 30.4 Å². The van der Waals surface area contributed by atoms with E-state index in [4.69, 9.17) is 23.8 Å². The van der Waals surface area contributed by atoms with E-state index < -0.39 is 17.9 Å². The molecule has 9 nitrogen and oxygen atoms in total. The summed E-state index contributed by atoms with van der Waals surface area (Å²) < 4.78 is 21.8. The van der Waals surface area contributed by atoms with E-state index in [1.807, 2.05) is 36.4 Å². The predicted octanol–water partition coefficient (Wildman–Crippen LogP) is 4.12. The SMILES string of the molecule is CON=C(C(=O)N[C@@H](Cc1ccc(-c2c(OC)cc(C(C)C)cc2OC)cc1)C(=O)OC)C1CCOCC1. The van der Waals surface area contributed by atoms with Gasteiger partial charge >= 0.3 is 5.97 Å². The van der Waals surface area contributed by atoms with Gasteiger partial charge < -0.3 is 29.1 Å². The minimum Gasteiger partial charge on any atom is -0.496 e. The second kappa shape index (κ2) is 13.8. The van der Waals surface area contributed by atoms with Crippen LogP contribution in [0.1, 0.15) is 43.7 Å². The molecule has 1 saturated heterocycles. The minimum atomic E-state index is -0.894. The Balaban J connectivity index is 1.83. The van der Waals surface area contributed by atoms with Crippen LogP contribution in [0.25, 0.3) is 11.1 Å². The number of nitrogens with one attached hydrogen (secondary N) is 1. The summed E-state index contributed by atoms with van der Waals surface area (Å²) in [6, 6.07) is 10.9. The zero-order chi connectivity index (χ0) is 27.7. The first-order valence-corrected chi connectivity index (χ1v) is 12.8. The molecule has 1 fully saturated rings. The van der Waals surface area contributed by atoms with Crippen LogP contribution < -0.4 is 14.8 Å². The smallest absolute Gasteiger partial charge is 0.328 e. The molecule has 0 unspecified atom stereocenters. The normalized spacial score (nSPS) is 15.1. The molecule has 2 aromatic rings. The third kappa shape index (κ3) is 7.04. The number of carbonyl (C=O) groups is 2. The van der Waals surface area contributed by atoms with Crippen molar-refractivity contribution in [3.05, 3.63) is 47.5 Å². The molecule has 0 saturated carbocycles. The first kappa shape index (κ1) is 29.0. The summed E-state index contributed by atoms with van der Waals surface area (Å²) in [6.07, 6.45) is 1.56. The molecule has 38 heavy (non-hydrogen) atoms. The van der Waals surface area contributed by atoms with E-state index in [2.05, 4.69) is 24.3 Å². The highest BCUT2D eigenvalue weighted by molar-refractivity contribution is 6.39. The molecule has 0 aliphatic carbocycles. The third-order valence-electron chi connectivity index (χ3n) is 6.70. The van der Waals surface area contributed by atoms with E-state index in [1.165, 1.54) is 14.2 Å². The molecule has 1 atom stereocenters. The molecular formula is C29H38N2O7. The van der Waals surface area contributed by atoms with Crippen LogP contribution in [0.5, 0.6) is 11.5 Å². The maximum Gasteiger partial charge on any atom is 0.328 e. The van der Waals surface area contributed by atoms with Gasteiger partial charge in [-0.15, -0.1) is 0 Å². The van der Waals surface area contributed by atoms with Crippen molar-refractivity contribution < 1.29 is 33.4 Å². The molecule has 0 bridgehead atoms. The maximum atomic E-state index is 13.1. The van der Waals surface area contributed by atoms with E-state index in [0.717, 1.165) is 33.8 Å². The lowest BCUT2D eigenvalue weighted by atomic mass is 9.93. The Morgan fingerprint density at radius 2 is 1.61 bits per heavy atom. The summed E-state index contributed by atoms with van der Waals surface area (Å²) in [6.45, 7) is 5.33. The first-order valence-electron chi connectivity index (χ1n) is 12.8. The van der Waals surface area contributed by atoms with E-state index in [9.17, 15) is 9.59 Å². The van der Waals surface area contributed by atoms with Crippen molar-refractivity contribution >= 4 is 17.6 Å². The molecule has 0 aromatic heterocycles. The van der Waals surface area contributed by atoms with Crippen molar-refractivity contribution in [2.75, 3.05) is 41.7 Å². The highest BCUT2D eigenvalue weighted by Crippen LogP contribution is 2.41. The molecule has 3 rings (SSSR count). The first-order chi connectivity index (χ1) is 18.3. The molecule has 1 heterocycles. The van der Waals surface area contributed by atoms with E-state index in [0.29, 0.717) is 32.0 Å². The lowest BCUT2D eigenvalue weighted by Gasteiger charge is -2.24. The van der Waals surface area contributed by atoms with Gasteiger partial charge in [0, 0.05) is 25.6 Å². The van der Waals surface area contributed by atoms with Gasteiger partial charge in [0.15, 0.2) is 0 Å². The molecular weight excluding hydrogens is 488 g/mol. The summed E-state index contributed by atoms with van der Waals surface area (Å²) >= 11 is 0. The number of rotatable bonds is 11. The number of nitrogens with zero attached hydrogens (tertiary/aromatic N) is 1. The maximum absolute atomic E-state index is 13.1. The Hall–Kier alpha value is -3.59. The number of amides is 1. The van der Waals surface area contributed by atoms with Crippen molar-refractivity contribution in [1.29, 1.82) is 0 Å². The fourth-order valence-corrected chi connectivity index (χ4v) is 4.53. The van der Waals surface area contributed by atoms with Crippen LogP contribution in [-0.4, -0.2) is 65.3 Å². The molecule has 1 aliphatic rings. The number of esters is 1. The van der Waals surface area contributed by atoms with Gasteiger partial charge in [-0.2, -0.15) is 0 Å². The number of ether oxygens (including phenoxy) is 4. The number of benzene rings is 2. The van der Waals surface area contributed by atoms with Gasteiger partial charge in [-0.05, 0) is 47.6 Å². The molecule has 1 amide bonds. The number of carbonyl (C=O) groups excluding carboxylic acids is 2. The Kier molecular flexibility index (Phi) is 10.5. The molecule has 1 aliphatic heterocycles. The number of oxime groups is 1. The zero-order valence-electron chi connectivity index (χ0n) is 23.0. The van der Waals surface area contributed by atoms with Crippen molar-refractivity contribution in [1.82, 2.24) is 5.32 Å². The monoisotopic (exact) mass is 526 g/mol. The Morgan fingerprint density at radius 1 is 1.00 bits per heavy atom. The Morgan fingerprint density at radius 3 is 2.11 bits per heavy atom. The van der Waals surface area contributed by atoms with Gasteiger partial charge in [-0.25, -0.2) is 4.79 Å². The van der Waals surface area contributed by atoms with Crippen molar-refractivity contribution in [2.45, 2.75) is 45.1 Å². The van der Waals surface area contributed by atoms with Gasteiger partial charge in [0.25, 0.3) is 5.91 Å². The fourth-order valence-electron chi connectivity index (χ4n) is 4.53. The van der Waals surface area contributed by atoms with E-state index in [1.54, 1.807) is 14.2 Å². The summed E-state index contributed by atoms with van der Waals surface area (Å²) in [5.41, 5.74) is 3.97. The van der Waals surface area contributed by atoms with Crippen LogP contribution >= 0.6 is 0 Å². The topological polar surface area (TPSA) is 105 Å². The van der Waals surface area contributed by atoms with Gasteiger partial charge in [-0.3, -0.25) is 4.79 Å². The predicted molar refractivity (Wildman–Crippen MR) is 145 cm³/mol. The van der Waals surface area contributed by atoms with E-state index >= 15 is 0 Å². The van der Waals surface area contributed by atoms with Crippen molar-refractivity contribution in [3.8, 4) is 22.6 Å². The second-order valence-electron chi connectivity index (χ2n) is 9.45. The molecule has 0 radical (unpaired) electrons. The van der Waals surface area contributed by atoms with Crippen LogP contribution in [0, 0.1) is 5.92 Å². The van der Waals surface area contributed by atoms with Gasteiger partial charge in [-0.1, -0.05) is 43.3 Å². The lowest BCUT2D eigenvalue weighted by Crippen LogP contribution is -2.47. The third-order valence-corrected chi connectivity index (χ3v) is 6.70. The van der Waals surface area contributed by atoms with Crippen LogP contribution in [0.15, 0.2) is 41.6 Å². The summed E-state index contributed by atoms with van der Waals surface area (Å²) in [7, 11) is 5.97. The van der Waals surface area contributed by atoms with Crippen LogP contribution in [0.3, 0.4) is 0 Å². The molecule has 0 spiro atoms. The van der Waals surface area contributed by atoms with Gasteiger partial charge in [0.2, 0.25) is 0 Å². The minimum absolute atomic E-state index is 0.103. The zero-order valence-corrected chi connectivity index (χ0v) is 23.0. The fraction of sp³-hybridized carbons (Fsp3) is 0.483. The highest BCUT2D eigenvalue weighted by Gasteiger charge is 2.30. The van der Waals surface area contributed by atoms with E-state index in [-0.39, 0.29) is 18.1 Å². The standard InChI is InChI=1S/C29H38N2O7/c1-18(2)22-16-24(34-3)26(25(17-22)35-4)20-9-7-19(8-10-20)15-23(29(33)36-5)30-28(32)27(31-37-6)21-11-13-38-14-12-21/h7-10,16-18,21,23H,11-15H2,1-6H3,(H,30,32)/t23-/m0/s1. The summed E-state index contributed by atoms with van der Waals surface area (Å²) in [4.78, 5) is 30.6. The van der Waals surface area contributed by atoms with Crippen LogP contribution in [0.2, 0.25) is 0 Å². The lowest BCUT2D eigenvalue weighted by molar-refractivity contribution is -0.144. The Bertz CT molecular complexity index is 1100. The highest BCUT2D eigenvalue weighted by atomic mass is 16.6. The number of hydrogen-bond donors (Lipinski definition) is 1. The van der Waals surface area contributed by atoms with Crippen LogP contribution in [0.4, 0.5) is 0 Å². The quantitative estimate of drug-likeness (QED) is 0.267. The average molecular weight is 527 g/mol.